The van der Waals surface area contributed by atoms with E-state index in [0.717, 1.165) is 15.7 Å². The number of benzene rings is 1. The largest absolute Gasteiger partial charge is 0.370 e. The Morgan fingerprint density at radius 1 is 1.53 bits per heavy atom. The number of guanidine groups is 1. The third kappa shape index (κ3) is 3.20. The molecular formula is C11H15BrN4O. The van der Waals surface area contributed by atoms with Crippen LogP contribution in [0.5, 0.6) is 0 Å². The fourth-order valence-electron chi connectivity index (χ4n) is 1.40. The number of carbonyl (C=O) groups is 1. The topological polar surface area (TPSA) is 70.7 Å². The van der Waals surface area contributed by atoms with Gasteiger partial charge in [-0.05, 0) is 34.5 Å². The fourth-order valence-corrected chi connectivity index (χ4v) is 2.13. The summed E-state index contributed by atoms with van der Waals surface area (Å²) in [6.07, 6.45) is 0. The molecule has 92 valence electrons. The number of nitrogens with one attached hydrogen (secondary N) is 1. The van der Waals surface area contributed by atoms with Crippen molar-refractivity contribution < 1.29 is 4.79 Å². The first kappa shape index (κ1) is 13.5. The molecule has 0 aliphatic heterocycles. The monoisotopic (exact) mass is 298 g/mol. The summed E-state index contributed by atoms with van der Waals surface area (Å²) in [6, 6.07) is 5.39. The second kappa shape index (κ2) is 5.67. The highest BCUT2D eigenvalue weighted by molar-refractivity contribution is 9.10. The molecule has 0 atom stereocenters. The van der Waals surface area contributed by atoms with E-state index in [0.29, 0.717) is 0 Å². The van der Waals surface area contributed by atoms with Crippen molar-refractivity contribution in [1.29, 1.82) is 0 Å². The van der Waals surface area contributed by atoms with Gasteiger partial charge < -0.3 is 5.73 Å². The Labute approximate surface area is 109 Å². The van der Waals surface area contributed by atoms with Crippen molar-refractivity contribution >= 4 is 33.6 Å². The number of anilines is 1. The van der Waals surface area contributed by atoms with Gasteiger partial charge in [-0.15, -0.1) is 0 Å². The molecule has 1 aromatic rings. The maximum Gasteiger partial charge on any atom is 0.328 e. The number of para-hydroxylation sites is 1. The summed E-state index contributed by atoms with van der Waals surface area (Å²) < 4.78 is 0.849. The van der Waals surface area contributed by atoms with E-state index in [1.54, 1.807) is 7.05 Å². The van der Waals surface area contributed by atoms with Crippen LogP contribution in [0.15, 0.2) is 27.7 Å². The van der Waals surface area contributed by atoms with E-state index in [1.165, 1.54) is 11.9 Å². The average Bonchev–Trinajstić information content (AvgIpc) is 2.28. The number of halogens is 1. The number of amides is 2. The number of rotatable bonds is 1. The van der Waals surface area contributed by atoms with Gasteiger partial charge in [-0.3, -0.25) is 15.2 Å². The van der Waals surface area contributed by atoms with Gasteiger partial charge in [-0.2, -0.15) is 0 Å². The first-order valence-electron chi connectivity index (χ1n) is 4.99. The molecule has 0 saturated heterocycles. The smallest absolute Gasteiger partial charge is 0.328 e. The first-order valence-corrected chi connectivity index (χ1v) is 5.78. The highest BCUT2D eigenvalue weighted by atomic mass is 79.9. The van der Waals surface area contributed by atoms with Gasteiger partial charge in [0.1, 0.15) is 0 Å². The van der Waals surface area contributed by atoms with Gasteiger partial charge in [0.2, 0.25) is 0 Å². The molecule has 0 saturated carbocycles. The zero-order valence-electron chi connectivity index (χ0n) is 9.99. The van der Waals surface area contributed by atoms with E-state index in [9.17, 15) is 4.79 Å². The highest BCUT2D eigenvalue weighted by Gasteiger charge is 2.15. The van der Waals surface area contributed by atoms with Gasteiger partial charge in [0.15, 0.2) is 5.96 Å². The molecule has 5 nitrogen and oxygen atoms in total. The van der Waals surface area contributed by atoms with Crippen LogP contribution in [0.3, 0.4) is 0 Å². The molecule has 0 heterocycles. The zero-order valence-corrected chi connectivity index (χ0v) is 11.6. The van der Waals surface area contributed by atoms with Gasteiger partial charge in [-0.25, -0.2) is 4.79 Å². The van der Waals surface area contributed by atoms with Crippen LogP contribution in [0.1, 0.15) is 5.56 Å². The van der Waals surface area contributed by atoms with Crippen LogP contribution in [-0.2, 0) is 0 Å². The van der Waals surface area contributed by atoms with Crippen LogP contribution in [-0.4, -0.2) is 26.1 Å². The first-order chi connectivity index (χ1) is 7.97. The standard InChI is InChI=1S/C11H15BrN4O/c1-7-5-4-6-8(12)9(7)16(3)11(17)15-10(13)14-2/h4-6H,1-3H3,(H3,13,14,15,17). The van der Waals surface area contributed by atoms with Crippen molar-refractivity contribution in [3.8, 4) is 0 Å². The molecule has 0 aliphatic carbocycles. The summed E-state index contributed by atoms with van der Waals surface area (Å²) in [4.78, 5) is 17.0. The SMILES string of the molecule is CN=C(N)NC(=O)N(C)c1c(C)cccc1Br. The Hall–Kier alpha value is -1.56. The lowest BCUT2D eigenvalue weighted by Crippen LogP contribution is -2.44. The number of nitrogens with zero attached hydrogens (tertiary/aromatic N) is 2. The molecule has 1 rings (SSSR count). The summed E-state index contributed by atoms with van der Waals surface area (Å²) >= 11 is 3.42. The van der Waals surface area contributed by atoms with Crippen LogP contribution < -0.4 is 16.0 Å². The molecule has 0 bridgehead atoms. The molecular weight excluding hydrogens is 284 g/mol. The quantitative estimate of drug-likeness (QED) is 0.613. The van der Waals surface area contributed by atoms with E-state index in [-0.39, 0.29) is 12.0 Å². The predicted molar refractivity (Wildman–Crippen MR) is 73.4 cm³/mol. The van der Waals surface area contributed by atoms with Crippen LogP contribution in [0.4, 0.5) is 10.5 Å². The van der Waals surface area contributed by atoms with Gasteiger partial charge in [-0.1, -0.05) is 12.1 Å². The number of hydrogen-bond donors (Lipinski definition) is 2. The molecule has 17 heavy (non-hydrogen) atoms. The number of carbonyl (C=O) groups excluding carboxylic acids is 1. The van der Waals surface area contributed by atoms with Crippen molar-refractivity contribution in [2.45, 2.75) is 6.92 Å². The summed E-state index contributed by atoms with van der Waals surface area (Å²) in [5, 5.41) is 2.48. The summed E-state index contributed by atoms with van der Waals surface area (Å²) in [6.45, 7) is 1.93. The Balaban J connectivity index is 2.97. The number of urea groups is 1. The second-order valence-corrected chi connectivity index (χ2v) is 4.36. The molecule has 0 fully saturated rings. The van der Waals surface area contributed by atoms with Gasteiger partial charge >= 0.3 is 6.03 Å². The normalized spacial score (nSPS) is 11.2. The molecule has 6 heteroatoms. The minimum atomic E-state index is -0.330. The van der Waals surface area contributed by atoms with Crippen molar-refractivity contribution in [3.63, 3.8) is 0 Å². The maximum atomic E-state index is 11.9. The third-order valence-corrected chi connectivity index (χ3v) is 2.94. The number of aryl methyl sites for hydroxylation is 1. The Kier molecular flexibility index (Phi) is 4.51. The Bertz CT molecular complexity index is 439. The van der Waals surface area contributed by atoms with Crippen molar-refractivity contribution in [3.05, 3.63) is 28.2 Å². The number of hydrogen-bond acceptors (Lipinski definition) is 2. The number of nitrogens with two attached hydrogens (primary N) is 1. The zero-order chi connectivity index (χ0) is 13.0. The van der Waals surface area contributed by atoms with Gasteiger partial charge in [0.05, 0.1) is 5.69 Å². The van der Waals surface area contributed by atoms with Crippen LogP contribution in [0.2, 0.25) is 0 Å². The fraction of sp³-hybridized carbons (Fsp3) is 0.273. The predicted octanol–water partition coefficient (Wildman–Crippen LogP) is 1.85. The second-order valence-electron chi connectivity index (χ2n) is 3.50. The van der Waals surface area contributed by atoms with E-state index >= 15 is 0 Å². The molecule has 0 aromatic heterocycles. The van der Waals surface area contributed by atoms with E-state index in [4.69, 9.17) is 5.73 Å². The molecule has 0 aliphatic rings. The van der Waals surface area contributed by atoms with Gasteiger partial charge in [0, 0.05) is 18.6 Å². The summed E-state index contributed by atoms with van der Waals surface area (Å²) in [5.74, 6) is 0.0894. The Morgan fingerprint density at radius 3 is 2.71 bits per heavy atom. The van der Waals surface area contributed by atoms with Crippen LogP contribution >= 0.6 is 15.9 Å². The highest BCUT2D eigenvalue weighted by Crippen LogP contribution is 2.28. The van der Waals surface area contributed by atoms with Crippen molar-refractivity contribution in [2.75, 3.05) is 19.0 Å². The summed E-state index contributed by atoms with van der Waals surface area (Å²) in [5.41, 5.74) is 7.24. The van der Waals surface area contributed by atoms with E-state index < -0.39 is 0 Å². The molecule has 0 spiro atoms. The van der Waals surface area contributed by atoms with Crippen molar-refractivity contribution in [2.24, 2.45) is 10.7 Å². The number of aliphatic imine (C=N–C) groups is 1. The van der Waals surface area contributed by atoms with E-state index in [1.807, 2.05) is 25.1 Å². The molecule has 0 unspecified atom stereocenters. The average molecular weight is 299 g/mol. The molecule has 2 amide bonds. The molecule has 0 radical (unpaired) electrons. The third-order valence-electron chi connectivity index (χ3n) is 2.30. The van der Waals surface area contributed by atoms with Crippen LogP contribution in [0, 0.1) is 6.92 Å². The van der Waals surface area contributed by atoms with E-state index in [2.05, 4.69) is 26.2 Å². The lowest BCUT2D eigenvalue weighted by molar-refractivity contribution is 0.251. The summed E-state index contributed by atoms with van der Waals surface area (Å²) in [7, 11) is 3.19. The van der Waals surface area contributed by atoms with Crippen LogP contribution in [0.25, 0.3) is 0 Å². The lowest BCUT2D eigenvalue weighted by atomic mass is 10.2. The minimum Gasteiger partial charge on any atom is -0.370 e. The van der Waals surface area contributed by atoms with Gasteiger partial charge in [0.25, 0.3) is 0 Å². The maximum absolute atomic E-state index is 11.9. The molecule has 1 aromatic carbocycles. The Morgan fingerprint density at radius 2 is 2.18 bits per heavy atom. The molecule has 3 N–H and O–H groups in total. The lowest BCUT2D eigenvalue weighted by Gasteiger charge is -2.21. The van der Waals surface area contributed by atoms with Crippen molar-refractivity contribution in [1.82, 2.24) is 5.32 Å². The minimum absolute atomic E-state index is 0.0894.